The van der Waals surface area contributed by atoms with Crippen LogP contribution in [0.5, 0.6) is 0 Å². The Bertz CT molecular complexity index is 1450. The van der Waals surface area contributed by atoms with Crippen molar-refractivity contribution in [1.82, 2.24) is 0 Å². The van der Waals surface area contributed by atoms with Crippen LogP contribution in [-0.4, -0.2) is 87.4 Å². The third-order valence-electron chi connectivity index (χ3n) is 11.4. The third-order valence-corrected chi connectivity index (χ3v) is 11.4. The van der Waals surface area contributed by atoms with Crippen molar-refractivity contribution in [1.29, 1.82) is 0 Å². The van der Waals surface area contributed by atoms with Crippen LogP contribution in [0.2, 0.25) is 0 Å². The Morgan fingerprint density at radius 1 is 0.449 bits per heavy atom. The second-order valence-corrected chi connectivity index (χ2v) is 19.2. The number of carboxylic acid groups (broad SMARTS) is 1. The normalized spacial score (nSPS) is 13.6. The molecule has 9 nitrogen and oxygen atoms in total. The topological polar surface area (TPSA) is 108 Å². The third kappa shape index (κ3) is 51.9. The van der Waals surface area contributed by atoms with E-state index in [1.54, 1.807) is 0 Å². The van der Waals surface area contributed by atoms with Crippen LogP contribution >= 0.6 is 0 Å². The smallest absolute Gasteiger partial charge is 0.361 e. The molecular formula is C60H102NO8+. The molecule has 0 amide bonds. The SMILES string of the molecule is CC/C=C\C/C=C\C/C=C\C/C=C\C/C=C\C/C=C\C/C=C\C/C=C\CCCCCCCCCCCCCCCCC(=O)OC(COC(=O)CCCCCCC)COC(OCC[N+](C)(C)C)C(=O)O. The number of ether oxygens (including phenoxy) is 4. The minimum Gasteiger partial charge on any atom is -0.477 e. The summed E-state index contributed by atoms with van der Waals surface area (Å²) in [5, 5.41) is 9.61. The second kappa shape index (κ2) is 50.6. The predicted molar refractivity (Wildman–Crippen MR) is 290 cm³/mol. The van der Waals surface area contributed by atoms with Gasteiger partial charge in [-0.3, -0.25) is 9.59 Å². The Morgan fingerprint density at radius 3 is 1.23 bits per heavy atom. The molecular weight excluding hydrogens is 863 g/mol. The summed E-state index contributed by atoms with van der Waals surface area (Å²) < 4.78 is 22.6. The lowest BCUT2D eigenvalue weighted by Crippen LogP contribution is -2.40. The first kappa shape index (κ1) is 65.2. The maximum absolute atomic E-state index is 12.7. The molecule has 2 atom stereocenters. The van der Waals surface area contributed by atoms with Gasteiger partial charge < -0.3 is 28.5 Å². The fourth-order valence-corrected chi connectivity index (χ4v) is 7.15. The summed E-state index contributed by atoms with van der Waals surface area (Å²) in [6, 6.07) is 0. The number of quaternary nitrogens is 1. The summed E-state index contributed by atoms with van der Waals surface area (Å²) in [7, 11) is 5.94. The zero-order chi connectivity index (χ0) is 50.6. The van der Waals surface area contributed by atoms with Crippen LogP contribution in [0.3, 0.4) is 0 Å². The lowest BCUT2D eigenvalue weighted by molar-refractivity contribution is -0.870. The van der Waals surface area contributed by atoms with Gasteiger partial charge in [0.2, 0.25) is 0 Å². The van der Waals surface area contributed by atoms with Crippen molar-refractivity contribution in [3.63, 3.8) is 0 Å². The summed E-state index contributed by atoms with van der Waals surface area (Å²) in [4.78, 5) is 36.9. The number of nitrogens with zero attached hydrogens (tertiary/aromatic N) is 1. The van der Waals surface area contributed by atoms with Crippen LogP contribution in [0, 0.1) is 0 Å². The van der Waals surface area contributed by atoms with E-state index < -0.39 is 24.3 Å². The predicted octanol–water partition coefficient (Wildman–Crippen LogP) is 15.8. The van der Waals surface area contributed by atoms with Crippen LogP contribution in [0.25, 0.3) is 0 Å². The van der Waals surface area contributed by atoms with E-state index in [-0.39, 0.29) is 32.2 Å². The van der Waals surface area contributed by atoms with Crippen molar-refractivity contribution in [3.05, 3.63) is 97.2 Å². The number of hydrogen-bond donors (Lipinski definition) is 1. The Balaban J connectivity index is 3.93. The average Bonchev–Trinajstić information content (AvgIpc) is 3.31. The van der Waals surface area contributed by atoms with Gasteiger partial charge in [-0.1, -0.05) is 214 Å². The maximum Gasteiger partial charge on any atom is 0.361 e. The van der Waals surface area contributed by atoms with Crippen LogP contribution in [-0.2, 0) is 33.3 Å². The maximum atomic E-state index is 12.7. The van der Waals surface area contributed by atoms with E-state index in [4.69, 9.17) is 18.9 Å². The number of esters is 2. The van der Waals surface area contributed by atoms with Crippen molar-refractivity contribution in [2.45, 2.75) is 219 Å². The molecule has 69 heavy (non-hydrogen) atoms. The second-order valence-electron chi connectivity index (χ2n) is 19.2. The van der Waals surface area contributed by atoms with E-state index in [0.717, 1.165) is 103 Å². The summed E-state index contributed by atoms with van der Waals surface area (Å²) >= 11 is 0. The molecule has 0 aliphatic rings. The largest absolute Gasteiger partial charge is 0.477 e. The first-order chi connectivity index (χ1) is 33.6. The minimum absolute atomic E-state index is 0.185. The first-order valence-electron chi connectivity index (χ1n) is 27.4. The van der Waals surface area contributed by atoms with Gasteiger partial charge in [0, 0.05) is 12.8 Å². The zero-order valence-corrected chi connectivity index (χ0v) is 44.7. The van der Waals surface area contributed by atoms with Crippen molar-refractivity contribution < 1.29 is 42.9 Å². The van der Waals surface area contributed by atoms with Gasteiger partial charge in [-0.15, -0.1) is 0 Å². The summed E-state index contributed by atoms with van der Waals surface area (Å²) in [5.41, 5.74) is 0. The van der Waals surface area contributed by atoms with Crippen LogP contribution in [0.15, 0.2) is 97.2 Å². The van der Waals surface area contributed by atoms with E-state index in [9.17, 15) is 19.5 Å². The summed E-state index contributed by atoms with van der Waals surface area (Å²) in [5.74, 6) is -2.03. The van der Waals surface area contributed by atoms with Gasteiger partial charge in [-0.2, -0.15) is 0 Å². The molecule has 0 fully saturated rings. The van der Waals surface area contributed by atoms with Crippen molar-refractivity contribution in [3.8, 4) is 0 Å². The molecule has 0 bridgehead atoms. The monoisotopic (exact) mass is 965 g/mol. The molecule has 9 heteroatoms. The molecule has 394 valence electrons. The van der Waals surface area contributed by atoms with Crippen molar-refractivity contribution in [2.75, 3.05) is 47.5 Å². The fourth-order valence-electron chi connectivity index (χ4n) is 7.15. The number of allylic oxidation sites excluding steroid dienone is 16. The summed E-state index contributed by atoms with van der Waals surface area (Å²) in [6.45, 7) is 4.65. The highest BCUT2D eigenvalue weighted by molar-refractivity contribution is 5.71. The number of unbranched alkanes of at least 4 members (excludes halogenated alkanes) is 18. The highest BCUT2D eigenvalue weighted by Crippen LogP contribution is 2.15. The molecule has 0 aromatic carbocycles. The van der Waals surface area contributed by atoms with Crippen molar-refractivity contribution >= 4 is 17.9 Å². The van der Waals surface area contributed by atoms with Crippen LogP contribution in [0.4, 0.5) is 0 Å². The highest BCUT2D eigenvalue weighted by atomic mass is 16.7. The molecule has 0 saturated heterocycles. The standard InChI is InChI=1S/C60H101NO8/c1-6-8-10-12-13-14-15-16-17-18-19-20-21-22-23-24-25-26-27-28-29-30-31-32-33-34-35-36-37-38-39-40-41-42-43-44-45-47-49-51-58(63)69-56(54-67-57(62)50-48-46-11-9-7-2)55-68-60(59(64)65)66-53-52-61(3,4)5/h8,10,13-14,16-17,19-20,22-23,25-26,28-29,31-32,56,60H,6-7,9,11-12,15,18,21,24,27,30,33-55H2,1-5H3/p+1/b10-8-,14-13-,17-16-,20-19-,23-22-,26-25-,29-28-,32-31-. The van der Waals surface area contributed by atoms with Crippen LogP contribution < -0.4 is 0 Å². The molecule has 0 spiro atoms. The molecule has 0 aliphatic heterocycles. The lowest BCUT2D eigenvalue weighted by Gasteiger charge is -2.25. The molecule has 0 heterocycles. The Labute approximate surface area is 422 Å². The number of likely N-dealkylation sites (N-methyl/N-ethyl adjacent to an activating group) is 1. The van der Waals surface area contributed by atoms with Gasteiger partial charge in [-0.25, -0.2) is 4.79 Å². The molecule has 0 rings (SSSR count). The lowest BCUT2D eigenvalue weighted by atomic mass is 10.0. The first-order valence-corrected chi connectivity index (χ1v) is 27.4. The van der Waals surface area contributed by atoms with Crippen molar-refractivity contribution in [2.24, 2.45) is 0 Å². The molecule has 0 radical (unpaired) electrons. The molecule has 0 aliphatic carbocycles. The Kier molecular flexibility index (Phi) is 47.8. The van der Waals surface area contributed by atoms with Gasteiger partial charge in [0.1, 0.15) is 13.2 Å². The quantitative estimate of drug-likeness (QED) is 0.0211. The Morgan fingerprint density at radius 2 is 0.826 bits per heavy atom. The van der Waals surface area contributed by atoms with Gasteiger partial charge >= 0.3 is 17.9 Å². The molecule has 2 unspecified atom stereocenters. The fraction of sp³-hybridized carbons (Fsp3) is 0.683. The number of hydrogen-bond acceptors (Lipinski definition) is 7. The number of aliphatic carboxylic acids is 1. The van der Waals surface area contributed by atoms with E-state index in [1.165, 1.54) is 77.0 Å². The zero-order valence-electron chi connectivity index (χ0n) is 44.7. The van der Waals surface area contributed by atoms with Gasteiger partial charge in [0.15, 0.2) is 6.10 Å². The Hall–Kier alpha value is -3.79. The van der Waals surface area contributed by atoms with Gasteiger partial charge in [-0.05, 0) is 77.0 Å². The molecule has 0 saturated carbocycles. The van der Waals surface area contributed by atoms with Gasteiger partial charge in [0.05, 0.1) is 34.4 Å². The molecule has 1 N–H and O–H groups in total. The minimum atomic E-state index is -1.51. The van der Waals surface area contributed by atoms with E-state index in [2.05, 4.69) is 111 Å². The number of rotatable bonds is 49. The van der Waals surface area contributed by atoms with E-state index in [1.807, 2.05) is 21.1 Å². The number of carboxylic acids is 1. The summed E-state index contributed by atoms with van der Waals surface area (Å²) in [6.07, 6.45) is 65.5. The number of carbonyl (C=O) groups is 3. The van der Waals surface area contributed by atoms with Crippen LogP contribution in [0.1, 0.15) is 206 Å². The molecule has 0 aromatic rings. The highest BCUT2D eigenvalue weighted by Gasteiger charge is 2.25. The van der Waals surface area contributed by atoms with E-state index >= 15 is 0 Å². The molecule has 0 aromatic heterocycles. The van der Waals surface area contributed by atoms with E-state index in [0.29, 0.717) is 17.4 Å². The van der Waals surface area contributed by atoms with Gasteiger partial charge in [0.25, 0.3) is 6.29 Å². The average molecular weight is 965 g/mol. The number of carbonyl (C=O) groups excluding carboxylic acids is 2.